The number of hydrogen-bond acceptors (Lipinski definition) is 3. The minimum absolute atomic E-state index is 0.0135. The second-order valence-corrected chi connectivity index (χ2v) is 5.43. The van der Waals surface area contributed by atoms with Crippen LogP contribution in [0.2, 0.25) is 0 Å². The topological polar surface area (TPSA) is 43.7 Å². The van der Waals surface area contributed by atoms with Crippen molar-refractivity contribution in [2.75, 3.05) is 19.7 Å². The maximum atomic E-state index is 12.4. The molecule has 0 aliphatic carbocycles. The standard InChI is InChI=1S/C15H22F3NO2/c1-11-5-12(2)7-13(6-11)8-19(9-14(21)10-20)4-3-15(16,17)18/h5-7,14,20-21H,3-4,8-10H2,1-2H3/t14-/m0/s1. The summed E-state index contributed by atoms with van der Waals surface area (Å²) in [4.78, 5) is 1.52. The second kappa shape index (κ2) is 7.77. The first-order chi connectivity index (χ1) is 9.69. The first-order valence-electron chi connectivity index (χ1n) is 6.85. The molecule has 1 rings (SSSR count). The minimum Gasteiger partial charge on any atom is -0.394 e. The average molecular weight is 305 g/mol. The van der Waals surface area contributed by atoms with E-state index in [4.69, 9.17) is 5.11 Å². The smallest absolute Gasteiger partial charge is 0.390 e. The van der Waals surface area contributed by atoms with Crippen molar-refractivity contribution < 1.29 is 23.4 Å². The van der Waals surface area contributed by atoms with Crippen LogP contribution in [0.4, 0.5) is 13.2 Å². The van der Waals surface area contributed by atoms with Gasteiger partial charge in [0.2, 0.25) is 0 Å². The van der Waals surface area contributed by atoms with Gasteiger partial charge in [0.05, 0.1) is 19.1 Å². The Morgan fingerprint density at radius 2 is 1.71 bits per heavy atom. The molecule has 0 saturated carbocycles. The Balaban J connectivity index is 2.75. The first kappa shape index (κ1) is 17.9. The van der Waals surface area contributed by atoms with Gasteiger partial charge in [-0.15, -0.1) is 0 Å². The third-order valence-corrected chi connectivity index (χ3v) is 3.08. The molecule has 0 aliphatic heterocycles. The van der Waals surface area contributed by atoms with E-state index >= 15 is 0 Å². The zero-order chi connectivity index (χ0) is 16.0. The van der Waals surface area contributed by atoms with Crippen LogP contribution in [0.15, 0.2) is 18.2 Å². The van der Waals surface area contributed by atoms with Gasteiger partial charge in [0.1, 0.15) is 0 Å². The van der Waals surface area contributed by atoms with Crippen LogP contribution in [0.3, 0.4) is 0 Å². The fourth-order valence-electron chi connectivity index (χ4n) is 2.29. The summed E-state index contributed by atoms with van der Waals surface area (Å²) in [5, 5.41) is 18.3. The van der Waals surface area contributed by atoms with Crippen molar-refractivity contribution >= 4 is 0 Å². The number of alkyl halides is 3. The van der Waals surface area contributed by atoms with Crippen molar-refractivity contribution in [1.29, 1.82) is 0 Å². The van der Waals surface area contributed by atoms with Crippen molar-refractivity contribution in [3.8, 4) is 0 Å². The molecule has 0 heterocycles. The fraction of sp³-hybridized carbons (Fsp3) is 0.600. The zero-order valence-electron chi connectivity index (χ0n) is 12.3. The molecule has 0 radical (unpaired) electrons. The van der Waals surface area contributed by atoms with E-state index in [0.717, 1.165) is 16.7 Å². The first-order valence-corrected chi connectivity index (χ1v) is 6.85. The molecule has 1 aromatic rings. The van der Waals surface area contributed by atoms with Crippen LogP contribution in [-0.4, -0.2) is 47.1 Å². The number of nitrogens with zero attached hydrogens (tertiary/aromatic N) is 1. The number of rotatable bonds is 7. The minimum atomic E-state index is -4.23. The molecule has 0 spiro atoms. The third-order valence-electron chi connectivity index (χ3n) is 3.08. The largest absolute Gasteiger partial charge is 0.394 e. The average Bonchev–Trinajstić information content (AvgIpc) is 2.33. The molecule has 2 N–H and O–H groups in total. The highest BCUT2D eigenvalue weighted by Crippen LogP contribution is 2.21. The predicted octanol–water partition coefficient (Wildman–Crippen LogP) is 2.41. The van der Waals surface area contributed by atoms with Crippen molar-refractivity contribution in [3.63, 3.8) is 0 Å². The quantitative estimate of drug-likeness (QED) is 0.813. The molecule has 0 fully saturated rings. The summed E-state index contributed by atoms with van der Waals surface area (Å²) in [5.41, 5.74) is 2.99. The summed E-state index contributed by atoms with van der Waals surface area (Å²) in [6.07, 6.45) is -6.20. The Morgan fingerprint density at radius 1 is 1.14 bits per heavy atom. The van der Waals surface area contributed by atoms with Crippen LogP contribution in [0.5, 0.6) is 0 Å². The number of aliphatic hydroxyl groups excluding tert-OH is 2. The van der Waals surface area contributed by atoms with E-state index < -0.39 is 25.3 Å². The van der Waals surface area contributed by atoms with Gasteiger partial charge in [-0.2, -0.15) is 13.2 Å². The molecule has 120 valence electrons. The van der Waals surface area contributed by atoms with Crippen LogP contribution in [-0.2, 0) is 6.54 Å². The molecule has 0 aromatic heterocycles. The summed E-state index contributed by atoms with van der Waals surface area (Å²) < 4.78 is 37.1. The summed E-state index contributed by atoms with van der Waals surface area (Å²) in [5.74, 6) is 0. The number of halogens is 3. The van der Waals surface area contributed by atoms with Crippen LogP contribution in [0, 0.1) is 13.8 Å². The van der Waals surface area contributed by atoms with Gasteiger partial charge in [-0.05, 0) is 19.4 Å². The molecule has 0 aliphatic rings. The Labute approximate surface area is 123 Å². The lowest BCUT2D eigenvalue weighted by Gasteiger charge is -2.25. The predicted molar refractivity (Wildman–Crippen MR) is 75.0 cm³/mol. The highest BCUT2D eigenvalue weighted by atomic mass is 19.4. The maximum absolute atomic E-state index is 12.4. The monoisotopic (exact) mass is 305 g/mol. The van der Waals surface area contributed by atoms with E-state index in [-0.39, 0.29) is 13.1 Å². The zero-order valence-corrected chi connectivity index (χ0v) is 12.3. The number of aliphatic hydroxyl groups is 2. The van der Waals surface area contributed by atoms with Gasteiger partial charge in [-0.1, -0.05) is 29.3 Å². The fourth-order valence-corrected chi connectivity index (χ4v) is 2.29. The van der Waals surface area contributed by atoms with Crippen LogP contribution in [0.25, 0.3) is 0 Å². The van der Waals surface area contributed by atoms with Crippen LogP contribution < -0.4 is 0 Å². The molecule has 1 atom stereocenters. The molecule has 0 amide bonds. The lowest BCUT2D eigenvalue weighted by molar-refractivity contribution is -0.139. The Kier molecular flexibility index (Phi) is 6.64. The van der Waals surface area contributed by atoms with Crippen LogP contribution >= 0.6 is 0 Å². The Hall–Kier alpha value is -1.11. The molecular weight excluding hydrogens is 283 g/mol. The number of aryl methyl sites for hydroxylation is 2. The molecular formula is C15H22F3NO2. The summed E-state index contributed by atoms with van der Waals surface area (Å²) in [7, 11) is 0. The molecule has 1 aromatic carbocycles. The summed E-state index contributed by atoms with van der Waals surface area (Å²) >= 11 is 0. The molecule has 0 saturated heterocycles. The molecule has 3 nitrogen and oxygen atoms in total. The van der Waals surface area contributed by atoms with E-state index in [1.807, 2.05) is 32.0 Å². The van der Waals surface area contributed by atoms with Gasteiger partial charge in [-0.3, -0.25) is 4.90 Å². The third kappa shape index (κ3) is 7.45. The van der Waals surface area contributed by atoms with E-state index in [2.05, 4.69) is 0 Å². The highest BCUT2D eigenvalue weighted by molar-refractivity contribution is 5.28. The van der Waals surface area contributed by atoms with Crippen molar-refractivity contribution in [2.45, 2.75) is 39.1 Å². The van der Waals surface area contributed by atoms with Crippen molar-refractivity contribution in [2.24, 2.45) is 0 Å². The highest BCUT2D eigenvalue weighted by Gasteiger charge is 2.28. The lowest BCUT2D eigenvalue weighted by Crippen LogP contribution is -2.36. The van der Waals surface area contributed by atoms with E-state index in [9.17, 15) is 18.3 Å². The van der Waals surface area contributed by atoms with Crippen LogP contribution in [0.1, 0.15) is 23.1 Å². The van der Waals surface area contributed by atoms with Crippen molar-refractivity contribution in [1.82, 2.24) is 4.90 Å². The normalized spacial score (nSPS) is 13.7. The SMILES string of the molecule is Cc1cc(C)cc(CN(CCC(F)(F)F)C[C@H](O)CO)c1. The summed E-state index contributed by atoms with van der Waals surface area (Å²) in [6, 6.07) is 5.82. The van der Waals surface area contributed by atoms with E-state index in [0.29, 0.717) is 6.54 Å². The van der Waals surface area contributed by atoms with E-state index in [1.165, 1.54) is 4.90 Å². The molecule has 6 heteroatoms. The van der Waals surface area contributed by atoms with Crippen molar-refractivity contribution in [3.05, 3.63) is 34.9 Å². The number of hydrogen-bond donors (Lipinski definition) is 2. The van der Waals surface area contributed by atoms with Gasteiger partial charge >= 0.3 is 6.18 Å². The Morgan fingerprint density at radius 3 is 2.19 bits per heavy atom. The van der Waals surface area contributed by atoms with Gasteiger partial charge in [0.15, 0.2) is 0 Å². The maximum Gasteiger partial charge on any atom is 0.390 e. The molecule has 21 heavy (non-hydrogen) atoms. The second-order valence-electron chi connectivity index (χ2n) is 5.43. The lowest BCUT2D eigenvalue weighted by atomic mass is 10.1. The van der Waals surface area contributed by atoms with Gasteiger partial charge in [0.25, 0.3) is 0 Å². The molecule has 0 unspecified atom stereocenters. The van der Waals surface area contributed by atoms with Gasteiger partial charge < -0.3 is 10.2 Å². The van der Waals surface area contributed by atoms with E-state index in [1.54, 1.807) is 0 Å². The van der Waals surface area contributed by atoms with Gasteiger partial charge in [0, 0.05) is 19.6 Å². The summed E-state index contributed by atoms with van der Waals surface area (Å²) in [6.45, 7) is 3.52. The van der Waals surface area contributed by atoms with Gasteiger partial charge in [-0.25, -0.2) is 0 Å². The Bertz CT molecular complexity index is 429. The molecule has 0 bridgehead atoms. The number of benzene rings is 1.